The lowest BCUT2D eigenvalue weighted by Gasteiger charge is -2.30. The van der Waals surface area contributed by atoms with Gasteiger partial charge >= 0.3 is 0 Å². The summed E-state index contributed by atoms with van der Waals surface area (Å²) in [5.41, 5.74) is 3.38. The second-order valence-corrected chi connectivity index (χ2v) is 9.77. The van der Waals surface area contributed by atoms with E-state index in [0.29, 0.717) is 23.5 Å². The van der Waals surface area contributed by atoms with Gasteiger partial charge in [0.1, 0.15) is 5.82 Å². The maximum absolute atomic E-state index is 12.2. The molecular formula is C26H34ClN5O. The van der Waals surface area contributed by atoms with Crippen molar-refractivity contribution in [3.63, 3.8) is 0 Å². The molecule has 0 bridgehead atoms. The zero-order valence-electron chi connectivity index (χ0n) is 19.6. The minimum Gasteiger partial charge on any atom is -0.362 e. The number of carbonyl (C=O) groups is 1. The Bertz CT molecular complexity index is 998. The molecule has 0 radical (unpaired) electrons. The van der Waals surface area contributed by atoms with Gasteiger partial charge in [0, 0.05) is 43.3 Å². The molecule has 1 aromatic carbocycles. The van der Waals surface area contributed by atoms with Crippen molar-refractivity contribution < 1.29 is 4.79 Å². The lowest BCUT2D eigenvalue weighted by Crippen LogP contribution is -2.33. The fourth-order valence-corrected chi connectivity index (χ4v) is 4.98. The molecule has 176 valence electrons. The number of rotatable bonds is 7. The van der Waals surface area contributed by atoms with Gasteiger partial charge in [-0.2, -0.15) is 4.98 Å². The van der Waals surface area contributed by atoms with Crippen LogP contribution in [0.1, 0.15) is 55.3 Å². The van der Waals surface area contributed by atoms with E-state index >= 15 is 0 Å². The van der Waals surface area contributed by atoms with Crippen LogP contribution in [0.3, 0.4) is 0 Å². The standard InChI is InChI=1S/C26H34ClN5O/c1-32(2)25-21-8-4-6-10-23(21)30-26(31-25)29-20-14-11-18(12-15-20)17-28-24(33)16-13-19-7-3-5-9-22(19)27/h3,5,7,9,13,16,18,20H,4,6,8,10-12,14-15,17H2,1-2H3,(H,28,33)(H,29,30,31)/b16-13+/t18-,20+. The lowest BCUT2D eigenvalue weighted by atomic mass is 9.86. The Morgan fingerprint density at radius 2 is 1.88 bits per heavy atom. The van der Waals surface area contributed by atoms with Gasteiger partial charge in [0.15, 0.2) is 0 Å². The van der Waals surface area contributed by atoms with E-state index in [-0.39, 0.29) is 5.91 Å². The largest absolute Gasteiger partial charge is 0.362 e. The van der Waals surface area contributed by atoms with Crippen LogP contribution in [0.5, 0.6) is 0 Å². The molecule has 1 heterocycles. The Kier molecular flexibility index (Phi) is 7.86. The fourth-order valence-electron chi connectivity index (χ4n) is 4.78. The molecule has 0 aliphatic heterocycles. The average Bonchev–Trinajstić information content (AvgIpc) is 2.82. The van der Waals surface area contributed by atoms with Crippen molar-refractivity contribution in [2.45, 2.75) is 57.4 Å². The Balaban J connectivity index is 1.25. The Hall–Kier alpha value is -2.60. The highest BCUT2D eigenvalue weighted by molar-refractivity contribution is 6.32. The van der Waals surface area contributed by atoms with Crippen LogP contribution >= 0.6 is 11.6 Å². The molecule has 2 N–H and O–H groups in total. The van der Waals surface area contributed by atoms with E-state index in [0.717, 1.165) is 55.9 Å². The minimum absolute atomic E-state index is 0.0751. The van der Waals surface area contributed by atoms with Crippen molar-refractivity contribution in [1.29, 1.82) is 0 Å². The minimum atomic E-state index is -0.0751. The molecule has 7 heteroatoms. The van der Waals surface area contributed by atoms with Crippen LogP contribution in [-0.4, -0.2) is 42.6 Å². The number of hydrogen-bond acceptors (Lipinski definition) is 5. The molecule has 1 aromatic heterocycles. The normalized spacial score (nSPS) is 20.3. The molecular weight excluding hydrogens is 434 g/mol. The summed E-state index contributed by atoms with van der Waals surface area (Å²) >= 11 is 6.14. The average molecular weight is 468 g/mol. The van der Waals surface area contributed by atoms with E-state index in [9.17, 15) is 4.79 Å². The molecule has 4 rings (SSSR count). The molecule has 1 saturated carbocycles. The Morgan fingerprint density at radius 3 is 2.64 bits per heavy atom. The molecule has 6 nitrogen and oxygen atoms in total. The number of halogens is 1. The fraction of sp³-hybridized carbons (Fsp3) is 0.500. The predicted octanol–water partition coefficient (Wildman–Crippen LogP) is 4.88. The highest BCUT2D eigenvalue weighted by Crippen LogP contribution is 2.30. The number of aryl methyl sites for hydroxylation is 1. The molecule has 1 amide bonds. The first-order valence-corrected chi connectivity index (χ1v) is 12.4. The van der Waals surface area contributed by atoms with Gasteiger partial charge in [-0.1, -0.05) is 29.8 Å². The van der Waals surface area contributed by atoms with Crippen molar-refractivity contribution >= 4 is 35.4 Å². The van der Waals surface area contributed by atoms with Crippen LogP contribution in [0.2, 0.25) is 5.02 Å². The van der Waals surface area contributed by atoms with Crippen LogP contribution in [0, 0.1) is 5.92 Å². The number of benzene rings is 1. The molecule has 33 heavy (non-hydrogen) atoms. The first-order valence-electron chi connectivity index (χ1n) is 12.0. The van der Waals surface area contributed by atoms with Gasteiger partial charge in [0.05, 0.1) is 5.69 Å². The Labute approximate surface area is 201 Å². The van der Waals surface area contributed by atoms with Crippen molar-refractivity contribution in [3.05, 3.63) is 52.2 Å². The summed E-state index contributed by atoms with van der Waals surface area (Å²) < 4.78 is 0. The van der Waals surface area contributed by atoms with Crippen molar-refractivity contribution in [1.82, 2.24) is 15.3 Å². The van der Waals surface area contributed by atoms with Crippen LogP contribution in [0.4, 0.5) is 11.8 Å². The topological polar surface area (TPSA) is 70.2 Å². The van der Waals surface area contributed by atoms with Gasteiger partial charge in [-0.15, -0.1) is 0 Å². The van der Waals surface area contributed by atoms with Gasteiger partial charge in [0.2, 0.25) is 11.9 Å². The third kappa shape index (κ3) is 6.26. The zero-order valence-corrected chi connectivity index (χ0v) is 20.4. The van der Waals surface area contributed by atoms with Gasteiger partial charge in [-0.25, -0.2) is 4.98 Å². The smallest absolute Gasteiger partial charge is 0.244 e. The lowest BCUT2D eigenvalue weighted by molar-refractivity contribution is -0.116. The van der Waals surface area contributed by atoms with Crippen molar-refractivity contribution in [3.8, 4) is 0 Å². The zero-order chi connectivity index (χ0) is 23.2. The maximum atomic E-state index is 12.2. The second-order valence-electron chi connectivity index (χ2n) is 9.36. The van der Waals surface area contributed by atoms with Gasteiger partial charge in [0.25, 0.3) is 0 Å². The van der Waals surface area contributed by atoms with Crippen LogP contribution in [0.15, 0.2) is 30.3 Å². The van der Waals surface area contributed by atoms with Gasteiger partial charge in [-0.05, 0) is 75.0 Å². The first kappa shape index (κ1) is 23.6. The second kappa shape index (κ2) is 11.0. The van der Waals surface area contributed by atoms with Gasteiger partial charge in [-0.3, -0.25) is 4.79 Å². The predicted molar refractivity (Wildman–Crippen MR) is 136 cm³/mol. The highest BCUT2D eigenvalue weighted by atomic mass is 35.5. The molecule has 2 aliphatic carbocycles. The number of anilines is 2. The monoisotopic (exact) mass is 467 g/mol. The summed E-state index contributed by atoms with van der Waals surface area (Å²) in [5, 5.41) is 7.28. The number of amides is 1. The van der Waals surface area contributed by atoms with Gasteiger partial charge < -0.3 is 15.5 Å². The summed E-state index contributed by atoms with van der Waals surface area (Å²) in [6, 6.07) is 7.89. The highest BCUT2D eigenvalue weighted by Gasteiger charge is 2.24. The molecule has 0 spiro atoms. The molecule has 0 unspecified atom stereocenters. The number of carbonyl (C=O) groups excluding carboxylic acids is 1. The third-order valence-corrected chi connectivity index (χ3v) is 6.99. The van der Waals surface area contributed by atoms with E-state index in [4.69, 9.17) is 21.6 Å². The van der Waals surface area contributed by atoms with E-state index < -0.39 is 0 Å². The van der Waals surface area contributed by atoms with Crippen molar-refractivity contribution in [2.75, 3.05) is 30.9 Å². The summed E-state index contributed by atoms with van der Waals surface area (Å²) in [5.74, 6) is 2.25. The van der Waals surface area contributed by atoms with E-state index in [1.807, 2.05) is 24.3 Å². The van der Waals surface area contributed by atoms with Crippen molar-refractivity contribution in [2.24, 2.45) is 5.92 Å². The number of nitrogens with zero attached hydrogens (tertiary/aromatic N) is 3. The first-order chi connectivity index (χ1) is 16.0. The maximum Gasteiger partial charge on any atom is 0.244 e. The molecule has 0 saturated heterocycles. The van der Waals surface area contributed by atoms with E-state index in [2.05, 4.69) is 29.6 Å². The third-order valence-electron chi connectivity index (χ3n) is 6.65. The number of hydrogen-bond donors (Lipinski definition) is 2. The Morgan fingerprint density at radius 1 is 1.12 bits per heavy atom. The van der Waals surface area contributed by atoms with E-state index in [1.165, 1.54) is 24.1 Å². The van der Waals surface area contributed by atoms with Crippen LogP contribution in [0.25, 0.3) is 6.08 Å². The molecule has 2 aliphatic rings. The summed E-state index contributed by atoms with van der Waals surface area (Å²) in [6.07, 6.45) is 12.2. The summed E-state index contributed by atoms with van der Waals surface area (Å²) in [4.78, 5) is 24.0. The van der Waals surface area contributed by atoms with Crippen LogP contribution in [-0.2, 0) is 17.6 Å². The van der Waals surface area contributed by atoms with E-state index in [1.54, 1.807) is 12.2 Å². The number of fused-ring (bicyclic) bond motifs is 1. The van der Waals surface area contributed by atoms with Crippen LogP contribution < -0.4 is 15.5 Å². The summed E-state index contributed by atoms with van der Waals surface area (Å²) in [6.45, 7) is 0.707. The molecule has 2 aromatic rings. The summed E-state index contributed by atoms with van der Waals surface area (Å²) in [7, 11) is 4.12. The SMILES string of the molecule is CN(C)c1nc(N[C@H]2CC[C@@H](CNC(=O)/C=C/c3ccccc3Cl)CC2)nc2c1CCCC2. The quantitative estimate of drug-likeness (QED) is 0.568. The molecule has 0 atom stereocenters. The number of nitrogens with one attached hydrogen (secondary N) is 2. The number of aromatic nitrogens is 2. The molecule has 1 fully saturated rings.